The first-order chi connectivity index (χ1) is 8.43. The fourth-order valence-corrected chi connectivity index (χ4v) is 3.42. The predicted octanol–water partition coefficient (Wildman–Crippen LogP) is 2.59. The van der Waals surface area contributed by atoms with E-state index in [9.17, 15) is 9.59 Å². The quantitative estimate of drug-likeness (QED) is 0.788. The molecule has 94 valence electrons. The molecule has 1 aromatic carbocycles. The van der Waals surface area contributed by atoms with E-state index in [4.69, 9.17) is 0 Å². The van der Waals surface area contributed by atoms with E-state index in [-0.39, 0.29) is 29.1 Å². The van der Waals surface area contributed by atoms with Crippen LogP contribution in [0.2, 0.25) is 0 Å². The Kier molecular flexibility index (Phi) is 2.43. The van der Waals surface area contributed by atoms with Crippen molar-refractivity contribution in [1.82, 2.24) is 4.90 Å². The molecule has 2 fully saturated rings. The molecule has 1 aliphatic heterocycles. The number of benzene rings is 1. The Labute approximate surface area is 114 Å². The summed E-state index contributed by atoms with van der Waals surface area (Å²) in [5, 5.41) is 0. The van der Waals surface area contributed by atoms with Gasteiger partial charge >= 0.3 is 0 Å². The van der Waals surface area contributed by atoms with Gasteiger partial charge in [0.25, 0.3) is 0 Å². The molecule has 1 aliphatic carbocycles. The molecule has 1 saturated heterocycles. The Morgan fingerprint density at radius 3 is 2.39 bits per heavy atom. The number of rotatable bonds is 2. The summed E-state index contributed by atoms with van der Waals surface area (Å²) in [4.78, 5) is 25.7. The van der Waals surface area contributed by atoms with Gasteiger partial charge in [-0.1, -0.05) is 41.9 Å². The van der Waals surface area contributed by atoms with E-state index < -0.39 is 0 Å². The predicted molar refractivity (Wildman–Crippen MR) is 70.5 cm³/mol. The van der Waals surface area contributed by atoms with E-state index in [2.05, 4.69) is 15.9 Å². The van der Waals surface area contributed by atoms with E-state index in [1.54, 1.807) is 0 Å². The highest BCUT2D eigenvalue weighted by Crippen LogP contribution is 2.63. The number of likely N-dealkylation sites (tertiary alicyclic amines) is 1. The molecular weight excluding hydrogens is 294 g/mol. The largest absolute Gasteiger partial charge is 0.278 e. The second-order valence-corrected chi connectivity index (χ2v) is 6.58. The normalized spacial score (nSPS) is 28.5. The molecule has 0 radical (unpaired) electrons. The summed E-state index contributed by atoms with van der Waals surface area (Å²) in [5.41, 5.74) is 0.854. The Morgan fingerprint density at radius 1 is 1.22 bits per heavy atom. The lowest BCUT2D eigenvalue weighted by molar-refractivity contribution is -0.143. The molecule has 0 aromatic heterocycles. The highest BCUT2D eigenvalue weighted by atomic mass is 79.9. The van der Waals surface area contributed by atoms with Gasteiger partial charge in [-0.05, 0) is 23.1 Å². The molecule has 0 bridgehead atoms. The van der Waals surface area contributed by atoms with Crippen LogP contribution in [0.1, 0.15) is 19.4 Å². The minimum Gasteiger partial charge on any atom is -0.278 e. The number of imide groups is 1. The summed E-state index contributed by atoms with van der Waals surface area (Å²) in [5.74, 6) is -0.181. The molecule has 2 unspecified atom stereocenters. The monoisotopic (exact) mass is 307 g/mol. The highest BCUT2D eigenvalue weighted by Gasteiger charge is 2.72. The molecule has 3 rings (SSSR count). The molecule has 4 heteroatoms. The van der Waals surface area contributed by atoms with E-state index in [0.29, 0.717) is 6.54 Å². The molecule has 2 amide bonds. The van der Waals surface area contributed by atoms with Crippen LogP contribution >= 0.6 is 15.9 Å². The molecule has 0 spiro atoms. The van der Waals surface area contributed by atoms with Crippen molar-refractivity contribution in [3.63, 3.8) is 0 Å². The van der Waals surface area contributed by atoms with Crippen molar-refractivity contribution < 1.29 is 9.59 Å². The summed E-state index contributed by atoms with van der Waals surface area (Å²) in [6, 6.07) is 7.71. The summed E-state index contributed by atoms with van der Waals surface area (Å²) in [6.07, 6.45) is 0. The number of halogens is 1. The number of fused-ring (bicyclic) bond motifs is 1. The maximum atomic E-state index is 12.2. The van der Waals surface area contributed by atoms with E-state index in [1.807, 2.05) is 38.1 Å². The average molecular weight is 308 g/mol. The van der Waals surface area contributed by atoms with Crippen molar-refractivity contribution in [2.75, 3.05) is 0 Å². The molecule has 18 heavy (non-hydrogen) atoms. The summed E-state index contributed by atoms with van der Waals surface area (Å²) in [6.45, 7) is 4.38. The van der Waals surface area contributed by atoms with Crippen LogP contribution in [0.4, 0.5) is 0 Å². The summed E-state index contributed by atoms with van der Waals surface area (Å²) in [7, 11) is 0. The van der Waals surface area contributed by atoms with Gasteiger partial charge in [0, 0.05) is 4.47 Å². The Hall–Kier alpha value is -1.16. The topological polar surface area (TPSA) is 37.4 Å². The minimum absolute atomic E-state index is 0.00465. The molecule has 1 saturated carbocycles. The fraction of sp³-hybridized carbons (Fsp3) is 0.429. The van der Waals surface area contributed by atoms with Gasteiger partial charge in [0.05, 0.1) is 18.4 Å². The van der Waals surface area contributed by atoms with Crippen LogP contribution in [0.25, 0.3) is 0 Å². The zero-order valence-electron chi connectivity index (χ0n) is 10.3. The molecular formula is C14H14BrNO2. The van der Waals surface area contributed by atoms with Crippen LogP contribution in [-0.2, 0) is 16.1 Å². The average Bonchev–Trinajstić information content (AvgIpc) is 2.77. The minimum atomic E-state index is -0.123. The molecule has 2 atom stereocenters. The van der Waals surface area contributed by atoms with Crippen LogP contribution in [0.5, 0.6) is 0 Å². The van der Waals surface area contributed by atoms with Crippen molar-refractivity contribution in [3.8, 4) is 0 Å². The van der Waals surface area contributed by atoms with Crippen LogP contribution in [-0.4, -0.2) is 16.7 Å². The number of carbonyl (C=O) groups is 2. The van der Waals surface area contributed by atoms with E-state index >= 15 is 0 Å². The van der Waals surface area contributed by atoms with Crippen molar-refractivity contribution in [2.45, 2.75) is 20.4 Å². The smallest absolute Gasteiger partial charge is 0.233 e. The SMILES string of the molecule is CC1(C)C2C(=O)N(Cc3cccc(Br)c3)C(=O)C21. The Balaban J connectivity index is 1.80. The fourth-order valence-electron chi connectivity index (χ4n) is 2.98. The highest BCUT2D eigenvalue weighted by molar-refractivity contribution is 9.10. The third kappa shape index (κ3) is 1.55. The van der Waals surface area contributed by atoms with Gasteiger partial charge in [-0.3, -0.25) is 14.5 Å². The van der Waals surface area contributed by atoms with Crippen molar-refractivity contribution >= 4 is 27.7 Å². The molecule has 1 heterocycles. The van der Waals surface area contributed by atoms with Gasteiger partial charge < -0.3 is 0 Å². The second kappa shape index (κ2) is 3.67. The standard InChI is InChI=1S/C14H14BrNO2/c1-14(2)10-11(14)13(18)16(12(10)17)7-8-4-3-5-9(15)6-8/h3-6,10-11H,7H2,1-2H3. The van der Waals surface area contributed by atoms with Crippen molar-refractivity contribution in [2.24, 2.45) is 17.3 Å². The van der Waals surface area contributed by atoms with E-state index in [0.717, 1.165) is 10.0 Å². The van der Waals surface area contributed by atoms with Gasteiger partial charge in [-0.15, -0.1) is 0 Å². The number of nitrogens with zero attached hydrogens (tertiary/aromatic N) is 1. The molecule has 0 N–H and O–H groups in total. The van der Waals surface area contributed by atoms with Crippen molar-refractivity contribution in [3.05, 3.63) is 34.3 Å². The van der Waals surface area contributed by atoms with Crippen LogP contribution in [0, 0.1) is 17.3 Å². The second-order valence-electron chi connectivity index (χ2n) is 5.67. The number of hydrogen-bond acceptors (Lipinski definition) is 2. The first-order valence-corrected chi connectivity index (χ1v) is 6.82. The van der Waals surface area contributed by atoms with Gasteiger partial charge in [-0.25, -0.2) is 0 Å². The van der Waals surface area contributed by atoms with Gasteiger partial charge in [0.2, 0.25) is 11.8 Å². The van der Waals surface area contributed by atoms with E-state index in [1.165, 1.54) is 4.90 Å². The van der Waals surface area contributed by atoms with Crippen LogP contribution in [0.3, 0.4) is 0 Å². The lowest BCUT2D eigenvalue weighted by Gasteiger charge is -2.20. The lowest BCUT2D eigenvalue weighted by Crippen LogP contribution is -2.35. The molecule has 1 aromatic rings. The number of hydrogen-bond donors (Lipinski definition) is 0. The molecule has 2 aliphatic rings. The van der Waals surface area contributed by atoms with Crippen LogP contribution in [0.15, 0.2) is 28.7 Å². The van der Waals surface area contributed by atoms with Gasteiger partial charge in [0.15, 0.2) is 0 Å². The number of amides is 2. The van der Waals surface area contributed by atoms with Crippen LogP contribution < -0.4 is 0 Å². The number of piperidine rings is 1. The zero-order chi connectivity index (χ0) is 13.1. The zero-order valence-corrected chi connectivity index (χ0v) is 11.9. The van der Waals surface area contributed by atoms with Gasteiger partial charge in [0.1, 0.15) is 0 Å². The first-order valence-electron chi connectivity index (χ1n) is 6.02. The third-order valence-electron chi connectivity index (χ3n) is 4.12. The lowest BCUT2D eigenvalue weighted by atomic mass is 10.1. The number of carbonyl (C=O) groups excluding carboxylic acids is 2. The Bertz CT molecular complexity index is 528. The van der Waals surface area contributed by atoms with Gasteiger partial charge in [-0.2, -0.15) is 0 Å². The maximum Gasteiger partial charge on any atom is 0.233 e. The third-order valence-corrected chi connectivity index (χ3v) is 4.61. The summed E-state index contributed by atoms with van der Waals surface area (Å²) >= 11 is 3.39. The molecule has 3 nitrogen and oxygen atoms in total. The Morgan fingerprint density at radius 2 is 1.83 bits per heavy atom. The summed E-state index contributed by atoms with van der Waals surface area (Å²) < 4.78 is 0.963. The first kappa shape index (κ1) is 11.9. The van der Waals surface area contributed by atoms with Crippen molar-refractivity contribution in [1.29, 1.82) is 0 Å². The maximum absolute atomic E-state index is 12.2.